The standard InChI is InChI=1S/C11H14N2O4/c1-4-17-11(14)7(2)9-5-6-10(13(15)16)12-8(9)3/h5-7H,4H2,1-3H3/t7-/m1/s1. The van der Waals surface area contributed by atoms with Crippen LogP contribution < -0.4 is 0 Å². The van der Waals surface area contributed by atoms with E-state index >= 15 is 0 Å². The maximum atomic E-state index is 11.5. The van der Waals surface area contributed by atoms with E-state index in [1.54, 1.807) is 26.8 Å². The van der Waals surface area contributed by atoms with Crippen molar-refractivity contribution < 1.29 is 14.5 Å². The van der Waals surface area contributed by atoms with Crippen molar-refractivity contribution in [3.63, 3.8) is 0 Å². The van der Waals surface area contributed by atoms with E-state index in [-0.39, 0.29) is 11.8 Å². The number of hydrogen-bond donors (Lipinski definition) is 0. The summed E-state index contributed by atoms with van der Waals surface area (Å²) in [5.74, 6) is -1.04. The van der Waals surface area contributed by atoms with Crippen LogP contribution in [0.15, 0.2) is 12.1 Å². The molecule has 0 aliphatic carbocycles. The van der Waals surface area contributed by atoms with Crippen LogP contribution in [0.1, 0.15) is 31.0 Å². The van der Waals surface area contributed by atoms with Crippen molar-refractivity contribution in [3.05, 3.63) is 33.5 Å². The Morgan fingerprint density at radius 1 is 1.59 bits per heavy atom. The summed E-state index contributed by atoms with van der Waals surface area (Å²) in [4.78, 5) is 25.3. The van der Waals surface area contributed by atoms with Gasteiger partial charge in [-0.3, -0.25) is 4.79 Å². The number of carbonyl (C=O) groups is 1. The van der Waals surface area contributed by atoms with Gasteiger partial charge in [0, 0.05) is 18.6 Å². The second-order valence-corrected chi connectivity index (χ2v) is 3.57. The van der Waals surface area contributed by atoms with Gasteiger partial charge in [0.15, 0.2) is 5.69 Å². The fourth-order valence-electron chi connectivity index (χ4n) is 1.51. The van der Waals surface area contributed by atoms with Crippen molar-refractivity contribution in [3.8, 4) is 0 Å². The van der Waals surface area contributed by atoms with Gasteiger partial charge < -0.3 is 14.9 Å². The summed E-state index contributed by atoms with van der Waals surface area (Å²) in [7, 11) is 0. The number of rotatable bonds is 4. The molecule has 1 heterocycles. The lowest BCUT2D eigenvalue weighted by atomic mass is 10.0. The van der Waals surface area contributed by atoms with Crippen molar-refractivity contribution in [2.45, 2.75) is 26.7 Å². The second kappa shape index (κ2) is 5.38. The maximum Gasteiger partial charge on any atom is 0.363 e. The Kier molecular flexibility index (Phi) is 4.14. The van der Waals surface area contributed by atoms with Gasteiger partial charge >= 0.3 is 11.8 Å². The molecule has 6 heteroatoms. The Balaban J connectivity index is 2.99. The molecule has 0 aromatic carbocycles. The van der Waals surface area contributed by atoms with Crippen LogP contribution in [-0.2, 0) is 9.53 Å². The van der Waals surface area contributed by atoms with Crippen molar-refractivity contribution in [1.29, 1.82) is 0 Å². The molecule has 92 valence electrons. The van der Waals surface area contributed by atoms with Gasteiger partial charge in [0.25, 0.3) is 0 Å². The molecule has 0 aliphatic rings. The molecule has 0 spiro atoms. The highest BCUT2D eigenvalue weighted by Crippen LogP contribution is 2.22. The predicted octanol–water partition coefficient (Wildman–Crippen LogP) is 1.96. The first-order valence-corrected chi connectivity index (χ1v) is 5.26. The normalized spacial score (nSPS) is 11.9. The molecule has 0 fully saturated rings. The molecule has 1 aromatic rings. The van der Waals surface area contributed by atoms with Crippen LogP contribution in [0.3, 0.4) is 0 Å². The first-order chi connectivity index (χ1) is 7.97. The van der Waals surface area contributed by atoms with Gasteiger partial charge in [-0.1, -0.05) is 0 Å². The molecular formula is C11H14N2O4. The molecule has 0 unspecified atom stereocenters. The second-order valence-electron chi connectivity index (χ2n) is 3.57. The predicted molar refractivity (Wildman–Crippen MR) is 60.7 cm³/mol. The van der Waals surface area contributed by atoms with Gasteiger partial charge in [-0.05, 0) is 29.8 Å². The zero-order chi connectivity index (χ0) is 13.0. The fourth-order valence-corrected chi connectivity index (χ4v) is 1.51. The number of ether oxygens (including phenoxy) is 1. The minimum absolute atomic E-state index is 0.220. The van der Waals surface area contributed by atoms with E-state index in [1.165, 1.54) is 6.07 Å². The highest BCUT2D eigenvalue weighted by atomic mass is 16.6. The third kappa shape index (κ3) is 2.99. The number of pyridine rings is 1. The molecule has 1 aromatic heterocycles. The van der Waals surface area contributed by atoms with Crippen LogP contribution >= 0.6 is 0 Å². The average molecular weight is 238 g/mol. The fraction of sp³-hybridized carbons (Fsp3) is 0.455. The molecule has 0 amide bonds. The summed E-state index contributed by atoms with van der Waals surface area (Å²) in [5, 5.41) is 10.5. The smallest absolute Gasteiger partial charge is 0.363 e. The Labute approximate surface area is 98.8 Å². The molecule has 1 atom stereocenters. The Morgan fingerprint density at radius 3 is 2.71 bits per heavy atom. The van der Waals surface area contributed by atoms with Crippen LogP contribution in [0.25, 0.3) is 0 Å². The molecule has 0 radical (unpaired) electrons. The van der Waals surface area contributed by atoms with Crippen LogP contribution in [0.2, 0.25) is 0 Å². The van der Waals surface area contributed by atoms with Gasteiger partial charge in [0.05, 0.1) is 12.5 Å². The molecule has 1 rings (SSSR count). The summed E-state index contributed by atoms with van der Waals surface area (Å²) in [6, 6.07) is 2.83. The Morgan fingerprint density at radius 2 is 2.24 bits per heavy atom. The summed E-state index contributed by atoms with van der Waals surface area (Å²) in [6.07, 6.45) is 0. The summed E-state index contributed by atoms with van der Waals surface area (Å²) in [6.45, 7) is 5.36. The van der Waals surface area contributed by atoms with Gasteiger partial charge in [-0.15, -0.1) is 0 Å². The third-order valence-electron chi connectivity index (χ3n) is 2.41. The summed E-state index contributed by atoms with van der Waals surface area (Å²) in [5.41, 5.74) is 1.12. The van der Waals surface area contributed by atoms with Gasteiger partial charge in [-0.25, -0.2) is 0 Å². The van der Waals surface area contributed by atoms with Crippen LogP contribution in [0.5, 0.6) is 0 Å². The van der Waals surface area contributed by atoms with Crippen LogP contribution in [-0.4, -0.2) is 22.5 Å². The topological polar surface area (TPSA) is 82.3 Å². The van der Waals surface area contributed by atoms with Crippen LogP contribution in [0.4, 0.5) is 5.82 Å². The molecule has 0 saturated heterocycles. The van der Waals surface area contributed by atoms with Gasteiger partial charge in [0.1, 0.15) is 0 Å². The van der Waals surface area contributed by atoms with Crippen molar-refractivity contribution in [1.82, 2.24) is 4.98 Å². The zero-order valence-electron chi connectivity index (χ0n) is 9.97. The largest absolute Gasteiger partial charge is 0.466 e. The average Bonchev–Trinajstić information content (AvgIpc) is 2.28. The molecule has 17 heavy (non-hydrogen) atoms. The highest BCUT2D eigenvalue weighted by Gasteiger charge is 2.22. The van der Waals surface area contributed by atoms with E-state index in [2.05, 4.69) is 4.98 Å². The number of nitro groups is 1. The SMILES string of the molecule is CCOC(=O)[C@H](C)c1ccc([N+](=O)[O-])nc1C. The van der Waals surface area contributed by atoms with Crippen molar-refractivity contribution in [2.24, 2.45) is 0 Å². The van der Waals surface area contributed by atoms with Gasteiger partial charge in [0.2, 0.25) is 0 Å². The molecule has 0 N–H and O–H groups in total. The first-order valence-electron chi connectivity index (χ1n) is 5.26. The zero-order valence-corrected chi connectivity index (χ0v) is 9.97. The lowest BCUT2D eigenvalue weighted by molar-refractivity contribution is -0.389. The number of nitrogens with zero attached hydrogens (tertiary/aromatic N) is 2. The minimum Gasteiger partial charge on any atom is -0.466 e. The number of aryl methyl sites for hydroxylation is 1. The van der Waals surface area contributed by atoms with Crippen LogP contribution in [0, 0.1) is 17.0 Å². The molecule has 0 bridgehead atoms. The van der Waals surface area contributed by atoms with E-state index < -0.39 is 10.8 Å². The summed E-state index contributed by atoms with van der Waals surface area (Å²) < 4.78 is 4.89. The van der Waals surface area contributed by atoms with Gasteiger partial charge in [-0.2, -0.15) is 0 Å². The Hall–Kier alpha value is -1.98. The molecule has 6 nitrogen and oxygen atoms in total. The number of hydrogen-bond acceptors (Lipinski definition) is 5. The van der Waals surface area contributed by atoms with E-state index in [9.17, 15) is 14.9 Å². The number of esters is 1. The lowest BCUT2D eigenvalue weighted by Gasteiger charge is -2.10. The van der Waals surface area contributed by atoms with Crippen molar-refractivity contribution >= 4 is 11.8 Å². The van der Waals surface area contributed by atoms with E-state index in [0.29, 0.717) is 17.9 Å². The third-order valence-corrected chi connectivity index (χ3v) is 2.41. The Bertz CT molecular complexity index is 445. The summed E-state index contributed by atoms with van der Waals surface area (Å²) >= 11 is 0. The number of aromatic nitrogens is 1. The highest BCUT2D eigenvalue weighted by molar-refractivity contribution is 5.78. The first kappa shape index (κ1) is 13.1. The monoisotopic (exact) mass is 238 g/mol. The van der Waals surface area contributed by atoms with E-state index in [4.69, 9.17) is 4.74 Å². The van der Waals surface area contributed by atoms with E-state index in [0.717, 1.165) is 0 Å². The molecule has 0 saturated carbocycles. The minimum atomic E-state index is -0.564. The molecular weight excluding hydrogens is 224 g/mol. The van der Waals surface area contributed by atoms with E-state index in [1.807, 2.05) is 0 Å². The van der Waals surface area contributed by atoms with Crippen molar-refractivity contribution in [2.75, 3.05) is 6.61 Å². The molecule has 0 aliphatic heterocycles. The quantitative estimate of drug-likeness (QED) is 0.455. The maximum absolute atomic E-state index is 11.5. The lowest BCUT2D eigenvalue weighted by Crippen LogP contribution is -2.14. The number of carbonyl (C=O) groups excluding carboxylic acids is 1.